The summed E-state index contributed by atoms with van der Waals surface area (Å²) in [5.41, 5.74) is 2.83. The highest BCUT2D eigenvalue weighted by atomic mass is 32.1. The van der Waals surface area contributed by atoms with Crippen molar-refractivity contribution in [1.29, 1.82) is 0 Å². The molecule has 1 N–H and O–H groups in total. The van der Waals surface area contributed by atoms with Crippen LogP contribution < -0.4 is 5.32 Å². The molecule has 0 saturated heterocycles. The average Bonchev–Trinajstić information content (AvgIpc) is 2.75. The van der Waals surface area contributed by atoms with E-state index in [-0.39, 0.29) is 11.9 Å². The Kier molecular flexibility index (Phi) is 4.32. The molecule has 0 amide bonds. The van der Waals surface area contributed by atoms with Crippen LogP contribution in [0, 0.1) is 19.7 Å². The van der Waals surface area contributed by atoms with Crippen molar-refractivity contribution in [3.63, 3.8) is 0 Å². The predicted octanol–water partition coefficient (Wildman–Crippen LogP) is 3.77. The van der Waals surface area contributed by atoms with Crippen LogP contribution in [0.4, 0.5) is 4.39 Å². The van der Waals surface area contributed by atoms with Gasteiger partial charge in [0.1, 0.15) is 10.8 Å². The molecule has 0 aliphatic carbocycles. The summed E-state index contributed by atoms with van der Waals surface area (Å²) in [7, 11) is 1.84. The molecule has 1 aromatic heterocycles. The number of thiazole rings is 1. The van der Waals surface area contributed by atoms with Crippen molar-refractivity contribution in [2.24, 2.45) is 0 Å². The molecule has 0 fully saturated rings. The van der Waals surface area contributed by atoms with Crippen LogP contribution in [0.2, 0.25) is 0 Å². The molecule has 2 nitrogen and oxygen atoms in total. The van der Waals surface area contributed by atoms with Gasteiger partial charge in [-0.2, -0.15) is 0 Å². The molecule has 1 aromatic carbocycles. The molecule has 0 spiro atoms. The summed E-state index contributed by atoms with van der Waals surface area (Å²) in [6.45, 7) is 6.13. The summed E-state index contributed by atoms with van der Waals surface area (Å²) in [6, 6.07) is 5.02. The quantitative estimate of drug-likeness (QED) is 0.921. The fourth-order valence-corrected chi connectivity index (χ4v) is 3.34. The smallest absolute Gasteiger partial charge is 0.128 e. The first-order valence-corrected chi connectivity index (χ1v) is 7.28. The van der Waals surface area contributed by atoms with Crippen LogP contribution in [0.25, 0.3) is 0 Å². The first-order chi connectivity index (χ1) is 9.06. The summed E-state index contributed by atoms with van der Waals surface area (Å²) in [4.78, 5) is 5.85. The van der Waals surface area contributed by atoms with Gasteiger partial charge < -0.3 is 5.32 Å². The monoisotopic (exact) mass is 278 g/mol. The van der Waals surface area contributed by atoms with Crippen molar-refractivity contribution in [3.8, 4) is 0 Å². The van der Waals surface area contributed by atoms with Gasteiger partial charge in [0.2, 0.25) is 0 Å². The Labute approximate surface area is 117 Å². The van der Waals surface area contributed by atoms with Gasteiger partial charge in [-0.15, -0.1) is 11.3 Å². The normalized spacial score (nSPS) is 12.7. The lowest BCUT2D eigenvalue weighted by Gasteiger charge is -2.15. The van der Waals surface area contributed by atoms with E-state index >= 15 is 0 Å². The van der Waals surface area contributed by atoms with Crippen LogP contribution >= 0.6 is 11.3 Å². The molecule has 0 aliphatic heterocycles. The van der Waals surface area contributed by atoms with Gasteiger partial charge in [0, 0.05) is 10.4 Å². The van der Waals surface area contributed by atoms with Crippen molar-refractivity contribution in [2.45, 2.75) is 33.2 Å². The van der Waals surface area contributed by atoms with Gasteiger partial charge in [-0.1, -0.05) is 24.6 Å². The number of rotatable bonds is 4. The maximum Gasteiger partial charge on any atom is 0.128 e. The summed E-state index contributed by atoms with van der Waals surface area (Å²) >= 11 is 1.64. The van der Waals surface area contributed by atoms with Crippen molar-refractivity contribution in [1.82, 2.24) is 10.3 Å². The van der Waals surface area contributed by atoms with Crippen molar-refractivity contribution in [3.05, 3.63) is 50.7 Å². The van der Waals surface area contributed by atoms with E-state index in [1.165, 1.54) is 10.9 Å². The van der Waals surface area contributed by atoms with E-state index in [0.717, 1.165) is 22.7 Å². The van der Waals surface area contributed by atoms with E-state index < -0.39 is 0 Å². The SMILES string of the molecule is CCc1nc(C(NC)c2cc(C)ccc2F)sc1C. The molecular formula is C15H19FN2S. The minimum Gasteiger partial charge on any atom is -0.307 e. The van der Waals surface area contributed by atoms with Crippen LogP contribution in [0.3, 0.4) is 0 Å². The predicted molar refractivity (Wildman–Crippen MR) is 78.3 cm³/mol. The zero-order valence-electron chi connectivity index (χ0n) is 11.7. The fourth-order valence-electron chi connectivity index (χ4n) is 2.20. The van der Waals surface area contributed by atoms with E-state index in [9.17, 15) is 4.39 Å². The van der Waals surface area contributed by atoms with E-state index in [2.05, 4.69) is 24.1 Å². The summed E-state index contributed by atoms with van der Waals surface area (Å²) in [5.74, 6) is -0.184. The lowest BCUT2D eigenvalue weighted by Crippen LogP contribution is -2.19. The van der Waals surface area contributed by atoms with Gasteiger partial charge >= 0.3 is 0 Å². The number of hydrogen-bond donors (Lipinski definition) is 1. The number of nitrogens with one attached hydrogen (secondary N) is 1. The molecule has 2 aromatic rings. The summed E-state index contributed by atoms with van der Waals surface area (Å²) in [5, 5.41) is 4.11. The van der Waals surface area contributed by atoms with E-state index in [1.54, 1.807) is 17.4 Å². The number of halogens is 1. The number of hydrogen-bond acceptors (Lipinski definition) is 3. The van der Waals surface area contributed by atoms with Gasteiger partial charge in [-0.3, -0.25) is 0 Å². The Hall–Kier alpha value is -1.26. The highest BCUT2D eigenvalue weighted by molar-refractivity contribution is 7.11. The Morgan fingerprint density at radius 1 is 1.37 bits per heavy atom. The molecule has 19 heavy (non-hydrogen) atoms. The molecule has 102 valence electrons. The molecular weight excluding hydrogens is 259 g/mol. The molecule has 2 rings (SSSR count). The van der Waals surface area contributed by atoms with Crippen LogP contribution in [0.15, 0.2) is 18.2 Å². The molecule has 0 radical (unpaired) electrons. The largest absolute Gasteiger partial charge is 0.307 e. The molecule has 0 aliphatic rings. The minimum absolute atomic E-state index is 0.177. The number of aromatic nitrogens is 1. The second-order valence-corrected chi connectivity index (χ2v) is 5.89. The molecule has 0 bridgehead atoms. The van der Waals surface area contributed by atoms with Crippen LogP contribution in [-0.2, 0) is 6.42 Å². The minimum atomic E-state index is -0.184. The zero-order chi connectivity index (χ0) is 14.0. The van der Waals surface area contributed by atoms with Gasteiger partial charge in [-0.25, -0.2) is 9.37 Å². The Morgan fingerprint density at radius 2 is 2.11 bits per heavy atom. The van der Waals surface area contributed by atoms with Crippen LogP contribution in [0.1, 0.15) is 39.7 Å². The third-order valence-electron chi connectivity index (χ3n) is 3.24. The summed E-state index contributed by atoms with van der Waals surface area (Å²) < 4.78 is 14.0. The first-order valence-electron chi connectivity index (χ1n) is 6.46. The zero-order valence-corrected chi connectivity index (χ0v) is 12.6. The third kappa shape index (κ3) is 2.85. The third-order valence-corrected chi connectivity index (χ3v) is 4.32. The number of benzene rings is 1. The second-order valence-electron chi connectivity index (χ2n) is 4.66. The summed E-state index contributed by atoms with van der Waals surface area (Å²) in [6.07, 6.45) is 0.912. The Morgan fingerprint density at radius 3 is 2.68 bits per heavy atom. The Balaban J connectivity index is 2.46. The van der Waals surface area contributed by atoms with E-state index in [1.807, 2.05) is 20.0 Å². The van der Waals surface area contributed by atoms with Gasteiger partial charge in [0.25, 0.3) is 0 Å². The average molecular weight is 278 g/mol. The lowest BCUT2D eigenvalue weighted by molar-refractivity contribution is 0.574. The molecule has 1 atom stereocenters. The maximum atomic E-state index is 14.0. The highest BCUT2D eigenvalue weighted by Gasteiger charge is 2.20. The lowest BCUT2D eigenvalue weighted by atomic mass is 10.0. The van der Waals surface area contributed by atoms with Crippen LogP contribution in [-0.4, -0.2) is 12.0 Å². The van der Waals surface area contributed by atoms with Crippen molar-refractivity contribution < 1.29 is 4.39 Å². The fraction of sp³-hybridized carbons (Fsp3) is 0.400. The van der Waals surface area contributed by atoms with Gasteiger partial charge in [-0.05, 0) is 33.4 Å². The molecule has 1 unspecified atom stereocenters. The Bertz CT molecular complexity index is 578. The molecule has 0 saturated carbocycles. The maximum absolute atomic E-state index is 14.0. The van der Waals surface area contributed by atoms with E-state index in [0.29, 0.717) is 5.56 Å². The second kappa shape index (κ2) is 5.80. The topological polar surface area (TPSA) is 24.9 Å². The van der Waals surface area contributed by atoms with Crippen molar-refractivity contribution in [2.75, 3.05) is 7.05 Å². The van der Waals surface area contributed by atoms with E-state index in [4.69, 9.17) is 0 Å². The number of aryl methyl sites for hydroxylation is 3. The molecule has 4 heteroatoms. The molecule has 1 heterocycles. The van der Waals surface area contributed by atoms with Crippen molar-refractivity contribution >= 4 is 11.3 Å². The number of nitrogens with zero attached hydrogens (tertiary/aromatic N) is 1. The standard InChI is InChI=1S/C15H19FN2S/c1-5-13-10(3)19-15(18-13)14(17-4)11-8-9(2)6-7-12(11)16/h6-8,14,17H,5H2,1-4H3. The van der Waals surface area contributed by atoms with Gasteiger partial charge in [0.15, 0.2) is 0 Å². The van der Waals surface area contributed by atoms with Crippen LogP contribution in [0.5, 0.6) is 0 Å². The van der Waals surface area contributed by atoms with Gasteiger partial charge in [0.05, 0.1) is 11.7 Å². The highest BCUT2D eigenvalue weighted by Crippen LogP contribution is 2.30. The first kappa shape index (κ1) is 14.2.